The summed E-state index contributed by atoms with van der Waals surface area (Å²) < 4.78 is 12.5. The van der Waals surface area contributed by atoms with Gasteiger partial charge in [0.25, 0.3) is 5.69 Å². The van der Waals surface area contributed by atoms with E-state index in [1.54, 1.807) is 12.1 Å². The molecule has 0 bridgehead atoms. The molecule has 3 rings (SSSR count). The van der Waals surface area contributed by atoms with Crippen LogP contribution in [-0.2, 0) is 13.2 Å². The zero-order valence-electron chi connectivity index (χ0n) is 17.2. The Morgan fingerprint density at radius 3 is 2.48 bits per heavy atom. The maximum Gasteiger partial charge on any atom is 0.269 e. The van der Waals surface area contributed by atoms with Gasteiger partial charge in [0, 0.05) is 29.4 Å². The number of nitrogens with zero attached hydrogens (tertiary/aromatic N) is 1. The molecule has 1 N–H and O–H groups in total. The zero-order valence-corrected chi connectivity index (χ0v) is 19.5. The number of aryl methyl sites for hydroxylation is 1. The molecule has 0 unspecified atom stereocenters. The normalized spacial score (nSPS) is 10.6. The van der Waals surface area contributed by atoms with Gasteiger partial charge in [0.2, 0.25) is 0 Å². The van der Waals surface area contributed by atoms with Gasteiger partial charge in [0.1, 0.15) is 6.61 Å². The van der Waals surface area contributed by atoms with Crippen molar-refractivity contribution in [3.8, 4) is 11.5 Å². The molecule has 0 aliphatic carbocycles. The van der Waals surface area contributed by atoms with Crippen molar-refractivity contribution in [2.75, 3.05) is 11.9 Å². The number of nitro benzene ring substituents is 1. The molecule has 0 heterocycles. The summed E-state index contributed by atoms with van der Waals surface area (Å²) in [6, 6.07) is 15.9. The summed E-state index contributed by atoms with van der Waals surface area (Å²) in [4.78, 5) is 10.4. The summed E-state index contributed by atoms with van der Waals surface area (Å²) in [5, 5.41) is 14.9. The van der Waals surface area contributed by atoms with Crippen LogP contribution < -0.4 is 14.8 Å². The fourth-order valence-electron chi connectivity index (χ4n) is 2.98. The molecule has 0 aliphatic heterocycles. The van der Waals surface area contributed by atoms with Gasteiger partial charge in [-0.15, -0.1) is 0 Å². The average Bonchev–Trinajstić information content (AvgIpc) is 2.74. The summed E-state index contributed by atoms with van der Waals surface area (Å²) in [5.41, 5.74) is 3.96. The van der Waals surface area contributed by atoms with Gasteiger partial charge in [-0.2, -0.15) is 0 Å². The molecule has 0 aliphatic rings. The lowest BCUT2D eigenvalue weighted by atomic mass is 10.1. The molecule has 8 heteroatoms. The SMILES string of the molecule is CCOc1cc(CNc2cc(Cl)ccc2C)cc(Br)c1OCc1ccc([N+](=O)[O-])cc1. The number of hydrogen-bond donors (Lipinski definition) is 1. The van der Waals surface area contributed by atoms with E-state index in [2.05, 4.69) is 21.2 Å². The molecular formula is C23H22BrClN2O4. The van der Waals surface area contributed by atoms with Crippen molar-refractivity contribution >= 4 is 38.9 Å². The number of halogens is 2. The highest BCUT2D eigenvalue weighted by atomic mass is 79.9. The maximum atomic E-state index is 10.8. The predicted molar refractivity (Wildman–Crippen MR) is 126 cm³/mol. The van der Waals surface area contributed by atoms with E-state index in [9.17, 15) is 10.1 Å². The molecule has 0 amide bonds. The highest BCUT2D eigenvalue weighted by Gasteiger charge is 2.14. The summed E-state index contributed by atoms with van der Waals surface area (Å²) in [6.45, 7) is 5.27. The Kier molecular flexibility index (Phi) is 7.76. The first-order valence-corrected chi connectivity index (χ1v) is 10.9. The first-order valence-electron chi connectivity index (χ1n) is 9.68. The van der Waals surface area contributed by atoms with E-state index >= 15 is 0 Å². The van der Waals surface area contributed by atoms with Crippen LogP contribution in [-0.4, -0.2) is 11.5 Å². The van der Waals surface area contributed by atoms with E-state index in [0.717, 1.165) is 26.9 Å². The van der Waals surface area contributed by atoms with Gasteiger partial charge in [-0.25, -0.2) is 0 Å². The van der Waals surface area contributed by atoms with E-state index in [1.807, 2.05) is 44.2 Å². The van der Waals surface area contributed by atoms with Crippen molar-refractivity contribution in [2.45, 2.75) is 27.0 Å². The van der Waals surface area contributed by atoms with Gasteiger partial charge in [-0.1, -0.05) is 17.7 Å². The first kappa shape index (κ1) is 22.9. The molecule has 31 heavy (non-hydrogen) atoms. The number of hydrogen-bond acceptors (Lipinski definition) is 5. The van der Waals surface area contributed by atoms with Gasteiger partial charge in [0.05, 0.1) is 16.0 Å². The molecule has 0 aromatic heterocycles. The third kappa shape index (κ3) is 6.12. The largest absolute Gasteiger partial charge is 0.490 e. The number of nitrogens with one attached hydrogen (secondary N) is 1. The van der Waals surface area contributed by atoms with Crippen molar-refractivity contribution in [2.24, 2.45) is 0 Å². The number of rotatable bonds is 9. The number of ether oxygens (including phenoxy) is 2. The predicted octanol–water partition coefficient (Wildman–Crippen LogP) is 6.91. The van der Waals surface area contributed by atoms with Crippen LogP contribution in [0.3, 0.4) is 0 Å². The van der Waals surface area contributed by atoms with E-state index in [4.69, 9.17) is 21.1 Å². The standard InChI is InChI=1S/C23H22BrClN2O4/c1-3-30-22-11-17(13-26-21-12-18(25)7-4-15(21)2)10-20(24)23(22)31-14-16-5-8-19(9-6-16)27(28)29/h4-12,26H,3,13-14H2,1-2H3. The van der Waals surface area contributed by atoms with Gasteiger partial charge in [-0.05, 0) is 82.9 Å². The van der Waals surface area contributed by atoms with Crippen LogP contribution in [0.2, 0.25) is 5.02 Å². The quantitative estimate of drug-likeness (QED) is 0.253. The number of non-ortho nitro benzene ring substituents is 1. The van der Waals surface area contributed by atoms with Crippen LogP contribution in [0.4, 0.5) is 11.4 Å². The van der Waals surface area contributed by atoms with E-state index < -0.39 is 4.92 Å². The number of benzene rings is 3. The lowest BCUT2D eigenvalue weighted by molar-refractivity contribution is -0.384. The molecule has 0 fully saturated rings. The zero-order chi connectivity index (χ0) is 22.4. The van der Waals surface area contributed by atoms with Gasteiger partial charge in [-0.3, -0.25) is 10.1 Å². The van der Waals surface area contributed by atoms with Crippen LogP contribution in [0, 0.1) is 17.0 Å². The van der Waals surface area contributed by atoms with E-state index in [1.165, 1.54) is 12.1 Å². The van der Waals surface area contributed by atoms with Gasteiger partial charge < -0.3 is 14.8 Å². The lowest BCUT2D eigenvalue weighted by Crippen LogP contribution is -2.04. The average molecular weight is 506 g/mol. The highest BCUT2D eigenvalue weighted by Crippen LogP contribution is 2.38. The molecule has 0 spiro atoms. The summed E-state index contributed by atoms with van der Waals surface area (Å²) in [5.74, 6) is 1.21. The van der Waals surface area contributed by atoms with Crippen LogP contribution in [0.25, 0.3) is 0 Å². The molecule has 162 valence electrons. The minimum Gasteiger partial charge on any atom is -0.490 e. The minimum atomic E-state index is -0.425. The smallest absolute Gasteiger partial charge is 0.269 e. The molecule has 3 aromatic carbocycles. The lowest BCUT2D eigenvalue weighted by Gasteiger charge is -2.16. The Balaban J connectivity index is 1.74. The van der Waals surface area contributed by atoms with Crippen molar-refractivity contribution in [3.63, 3.8) is 0 Å². The molecule has 0 saturated carbocycles. The van der Waals surface area contributed by atoms with Crippen molar-refractivity contribution < 1.29 is 14.4 Å². The topological polar surface area (TPSA) is 73.6 Å². The minimum absolute atomic E-state index is 0.0479. The summed E-state index contributed by atoms with van der Waals surface area (Å²) >= 11 is 9.68. The molecule has 0 radical (unpaired) electrons. The second-order valence-electron chi connectivity index (χ2n) is 6.86. The molecule has 6 nitrogen and oxygen atoms in total. The van der Waals surface area contributed by atoms with Crippen LogP contribution >= 0.6 is 27.5 Å². The molecule has 3 aromatic rings. The number of anilines is 1. The maximum absolute atomic E-state index is 10.8. The molecule has 0 saturated heterocycles. The number of nitro groups is 1. The van der Waals surface area contributed by atoms with Gasteiger partial charge in [0.15, 0.2) is 11.5 Å². The highest BCUT2D eigenvalue weighted by molar-refractivity contribution is 9.10. The Labute approximate surface area is 194 Å². The second-order valence-corrected chi connectivity index (χ2v) is 8.15. The molecular weight excluding hydrogens is 484 g/mol. The third-order valence-electron chi connectivity index (χ3n) is 4.58. The Morgan fingerprint density at radius 1 is 1.06 bits per heavy atom. The summed E-state index contributed by atoms with van der Waals surface area (Å²) in [6.07, 6.45) is 0. The van der Waals surface area contributed by atoms with Crippen molar-refractivity contribution in [1.82, 2.24) is 0 Å². The van der Waals surface area contributed by atoms with Crippen LogP contribution in [0.5, 0.6) is 11.5 Å². The van der Waals surface area contributed by atoms with Crippen molar-refractivity contribution in [3.05, 3.63) is 90.9 Å². The van der Waals surface area contributed by atoms with Crippen LogP contribution in [0.15, 0.2) is 59.1 Å². The fraction of sp³-hybridized carbons (Fsp3) is 0.217. The Bertz CT molecular complexity index is 1070. The first-order chi connectivity index (χ1) is 14.9. The fourth-order valence-corrected chi connectivity index (χ4v) is 3.75. The molecule has 0 atom stereocenters. The summed E-state index contributed by atoms with van der Waals surface area (Å²) in [7, 11) is 0. The van der Waals surface area contributed by atoms with E-state index in [-0.39, 0.29) is 12.3 Å². The second kappa shape index (κ2) is 10.5. The van der Waals surface area contributed by atoms with Crippen LogP contribution in [0.1, 0.15) is 23.6 Å². The Hall–Kier alpha value is -2.77. The third-order valence-corrected chi connectivity index (χ3v) is 5.41. The van der Waals surface area contributed by atoms with E-state index in [0.29, 0.717) is 29.7 Å². The Morgan fingerprint density at radius 2 is 1.81 bits per heavy atom. The van der Waals surface area contributed by atoms with Crippen molar-refractivity contribution in [1.29, 1.82) is 0 Å². The monoisotopic (exact) mass is 504 g/mol. The van der Waals surface area contributed by atoms with Gasteiger partial charge >= 0.3 is 0 Å².